The molecule has 0 aromatic heterocycles. The average molecular weight is 667 g/mol. The zero-order valence-corrected chi connectivity index (χ0v) is 29.9. The van der Waals surface area contributed by atoms with Crippen LogP contribution in [0.3, 0.4) is 0 Å². The third-order valence-electron chi connectivity index (χ3n) is 4.90. The number of hydrogen-bond acceptors (Lipinski definition) is 12. The highest BCUT2D eigenvalue weighted by Gasteiger charge is 2.45. The van der Waals surface area contributed by atoms with Gasteiger partial charge in [0.2, 0.25) is 0 Å². The maximum atomic E-state index is 13.6. The van der Waals surface area contributed by atoms with Crippen LogP contribution in [0.1, 0.15) is 89.5 Å². The Morgan fingerprint density at radius 3 is 1.78 bits per heavy atom. The van der Waals surface area contributed by atoms with E-state index in [4.69, 9.17) is 29.5 Å². The minimum absolute atomic E-state index is 0.0676. The number of rotatable bonds is 13. The van der Waals surface area contributed by atoms with Crippen molar-refractivity contribution in [2.45, 2.75) is 112 Å². The molecular formula is C29H56N5O10S+. The van der Waals surface area contributed by atoms with Crippen molar-refractivity contribution in [1.29, 1.82) is 0 Å². The van der Waals surface area contributed by atoms with Crippen LogP contribution in [0.2, 0.25) is 0 Å². The van der Waals surface area contributed by atoms with Crippen LogP contribution in [0.15, 0.2) is 0 Å². The number of hydroxylamine groups is 3. The van der Waals surface area contributed by atoms with Crippen molar-refractivity contribution < 1.29 is 52.4 Å². The lowest BCUT2D eigenvalue weighted by molar-refractivity contribution is -1.05. The fourth-order valence-corrected chi connectivity index (χ4v) is 3.87. The van der Waals surface area contributed by atoms with Gasteiger partial charge in [0.05, 0.1) is 6.67 Å². The summed E-state index contributed by atoms with van der Waals surface area (Å²) >= 11 is 0.909. The minimum Gasteiger partial charge on any atom is -0.452 e. The van der Waals surface area contributed by atoms with E-state index in [1.807, 2.05) is 0 Å². The van der Waals surface area contributed by atoms with Gasteiger partial charge in [-0.05, 0) is 94.8 Å². The molecule has 0 radical (unpaired) electrons. The van der Waals surface area contributed by atoms with E-state index in [1.165, 1.54) is 4.90 Å². The van der Waals surface area contributed by atoms with Gasteiger partial charge in [0, 0.05) is 25.3 Å². The van der Waals surface area contributed by atoms with E-state index in [1.54, 1.807) is 83.1 Å². The normalized spacial score (nSPS) is 13.6. The number of thioether (sulfide) groups is 1. The molecule has 0 aliphatic rings. The van der Waals surface area contributed by atoms with E-state index in [0.29, 0.717) is 0 Å². The molecule has 0 saturated carbocycles. The second-order valence-electron chi connectivity index (χ2n) is 14.1. The van der Waals surface area contributed by atoms with Gasteiger partial charge in [-0.1, -0.05) is 4.65 Å². The van der Waals surface area contributed by atoms with E-state index >= 15 is 0 Å². The summed E-state index contributed by atoms with van der Waals surface area (Å²) < 4.78 is 20.6. The molecule has 1 unspecified atom stereocenters. The SMILES string of the molecule is CC(C)(C)OC(=O)NC[N+](CCCN(CN)C(=O)OC(C)(C)C)(OCC(=O)NCCSC(=O)OC(C)(C)C)C(=O)OC(C)(C)C. The molecule has 0 aliphatic heterocycles. The first-order valence-electron chi connectivity index (χ1n) is 14.8. The topological polar surface area (TPSA) is 185 Å². The maximum Gasteiger partial charge on any atom is 0.551 e. The lowest BCUT2D eigenvalue weighted by Gasteiger charge is -2.34. The third kappa shape index (κ3) is 20.8. The Morgan fingerprint density at radius 2 is 1.29 bits per heavy atom. The van der Waals surface area contributed by atoms with Gasteiger partial charge in [-0.15, -0.1) is 0 Å². The van der Waals surface area contributed by atoms with Gasteiger partial charge >= 0.3 is 23.6 Å². The lowest BCUT2D eigenvalue weighted by atomic mass is 10.2. The molecule has 0 aromatic rings. The molecule has 0 heterocycles. The lowest BCUT2D eigenvalue weighted by Crippen LogP contribution is -2.61. The zero-order valence-electron chi connectivity index (χ0n) is 29.1. The molecule has 0 bridgehead atoms. The number of ether oxygens (including phenoxy) is 4. The summed E-state index contributed by atoms with van der Waals surface area (Å²) in [5.74, 6) is -0.340. The Morgan fingerprint density at radius 1 is 0.756 bits per heavy atom. The Labute approximate surface area is 272 Å². The predicted octanol–water partition coefficient (Wildman–Crippen LogP) is 4.48. The molecule has 45 heavy (non-hydrogen) atoms. The number of hydrogen-bond donors (Lipinski definition) is 3. The van der Waals surface area contributed by atoms with Gasteiger partial charge in [0.1, 0.15) is 28.9 Å². The highest BCUT2D eigenvalue weighted by molar-refractivity contribution is 8.13. The Bertz CT molecular complexity index is 999. The molecule has 16 heteroatoms. The maximum absolute atomic E-state index is 13.6. The van der Waals surface area contributed by atoms with Gasteiger partial charge < -0.3 is 30.0 Å². The highest BCUT2D eigenvalue weighted by Crippen LogP contribution is 2.20. The molecule has 262 valence electrons. The first-order valence-corrected chi connectivity index (χ1v) is 15.8. The first kappa shape index (κ1) is 42.2. The average Bonchev–Trinajstić information content (AvgIpc) is 2.81. The number of carbonyl (C=O) groups is 5. The summed E-state index contributed by atoms with van der Waals surface area (Å²) in [6.07, 6.45) is -2.21. The van der Waals surface area contributed by atoms with Gasteiger partial charge in [-0.25, -0.2) is 14.4 Å². The fraction of sp³-hybridized carbons (Fsp3) is 0.828. The molecule has 0 saturated heterocycles. The largest absolute Gasteiger partial charge is 0.551 e. The number of nitrogens with one attached hydrogen (secondary N) is 2. The van der Waals surface area contributed by atoms with Crippen LogP contribution in [0, 0.1) is 0 Å². The molecule has 0 rings (SSSR count). The molecule has 15 nitrogen and oxygen atoms in total. The molecule has 0 aromatic carbocycles. The van der Waals surface area contributed by atoms with Crippen LogP contribution in [0.5, 0.6) is 0 Å². The van der Waals surface area contributed by atoms with Crippen molar-refractivity contribution in [3.8, 4) is 0 Å². The summed E-state index contributed by atoms with van der Waals surface area (Å²) in [7, 11) is 0. The van der Waals surface area contributed by atoms with E-state index in [0.717, 1.165) is 11.8 Å². The summed E-state index contributed by atoms with van der Waals surface area (Å²) in [5.41, 5.74) is 2.64. The minimum atomic E-state index is -0.969. The molecule has 4 amide bonds. The standard InChI is InChI=1S/C29H55N5O10S/c1-26(2,3)41-22(36)32-20-34(24(38)43-28(7,8)9,16-13-15-33(19-30)23(37)42-27(4,5)6)40-18-21(35)31-14-17-45-25(39)44-29(10,11)12/h13-20,30H2,1-12H3,(H-,31,32,35,36)/p+1. The number of nitrogens with two attached hydrogens (primary N) is 1. The number of quaternary nitrogens is 1. The quantitative estimate of drug-likeness (QED) is 0.0626. The van der Waals surface area contributed by atoms with E-state index < -0.39 is 69.8 Å². The molecule has 0 spiro atoms. The summed E-state index contributed by atoms with van der Waals surface area (Å²) in [5, 5.41) is 4.68. The molecular weight excluding hydrogens is 610 g/mol. The summed E-state index contributed by atoms with van der Waals surface area (Å²) in [6.45, 7) is 19.3. The fourth-order valence-electron chi connectivity index (χ4n) is 3.19. The van der Waals surface area contributed by atoms with Crippen molar-refractivity contribution in [2.24, 2.45) is 5.73 Å². The van der Waals surface area contributed by atoms with Crippen LogP contribution < -0.4 is 16.4 Å². The van der Waals surface area contributed by atoms with E-state index in [9.17, 15) is 24.0 Å². The van der Waals surface area contributed by atoms with Crippen LogP contribution in [0.4, 0.5) is 19.2 Å². The van der Waals surface area contributed by atoms with Crippen LogP contribution in [-0.2, 0) is 28.6 Å². The number of nitrogens with zero attached hydrogens (tertiary/aromatic N) is 2. The summed E-state index contributed by atoms with van der Waals surface area (Å²) in [4.78, 5) is 70.6. The van der Waals surface area contributed by atoms with Gasteiger partial charge in [-0.3, -0.25) is 15.0 Å². The molecule has 4 N–H and O–H groups in total. The van der Waals surface area contributed by atoms with Crippen LogP contribution in [0.25, 0.3) is 0 Å². The Kier molecular flexibility index (Phi) is 16.6. The van der Waals surface area contributed by atoms with Crippen molar-refractivity contribution >= 4 is 41.3 Å². The van der Waals surface area contributed by atoms with Crippen molar-refractivity contribution in [1.82, 2.24) is 15.5 Å². The second-order valence-corrected chi connectivity index (χ2v) is 15.2. The number of carbonyl (C=O) groups excluding carboxylic acids is 5. The van der Waals surface area contributed by atoms with Crippen LogP contribution in [-0.4, -0.2) is 107 Å². The van der Waals surface area contributed by atoms with E-state index in [-0.39, 0.29) is 38.5 Å². The van der Waals surface area contributed by atoms with Gasteiger partial charge in [-0.2, -0.15) is 9.63 Å². The van der Waals surface area contributed by atoms with Crippen molar-refractivity contribution in [3.05, 3.63) is 0 Å². The first-order chi connectivity index (χ1) is 20.3. The monoisotopic (exact) mass is 666 g/mol. The van der Waals surface area contributed by atoms with E-state index in [2.05, 4.69) is 10.6 Å². The third-order valence-corrected chi connectivity index (χ3v) is 5.63. The van der Waals surface area contributed by atoms with Gasteiger partial charge in [0.25, 0.3) is 5.91 Å². The summed E-state index contributed by atoms with van der Waals surface area (Å²) in [6, 6.07) is 0. The molecule has 1 atom stereocenters. The van der Waals surface area contributed by atoms with Gasteiger partial charge in [0.15, 0.2) is 13.3 Å². The predicted molar refractivity (Wildman–Crippen MR) is 170 cm³/mol. The smallest absolute Gasteiger partial charge is 0.452 e. The zero-order chi connectivity index (χ0) is 35.3. The highest BCUT2D eigenvalue weighted by atomic mass is 32.2. The van der Waals surface area contributed by atoms with Crippen LogP contribution >= 0.6 is 11.8 Å². The Balaban J connectivity index is 5.87. The molecule has 0 fully saturated rings. The second kappa shape index (κ2) is 17.8. The number of alkyl carbamates (subject to hydrolysis) is 1. The van der Waals surface area contributed by atoms with Crippen molar-refractivity contribution in [2.75, 3.05) is 45.3 Å². The Hall–Kier alpha value is -2.82. The number of amides is 4. The molecule has 0 aliphatic carbocycles. The van der Waals surface area contributed by atoms with Crippen molar-refractivity contribution in [3.63, 3.8) is 0 Å².